The summed E-state index contributed by atoms with van der Waals surface area (Å²) in [6, 6.07) is 14.3. The summed E-state index contributed by atoms with van der Waals surface area (Å²) in [7, 11) is 0. The fourth-order valence-corrected chi connectivity index (χ4v) is 5.16. The average Bonchev–Trinajstić information content (AvgIpc) is 3.60. The molecule has 2 aromatic carbocycles. The molecule has 3 aromatic heterocycles. The van der Waals surface area contributed by atoms with E-state index >= 15 is 8.78 Å². The van der Waals surface area contributed by atoms with E-state index in [0.717, 1.165) is 37.1 Å². The maximum Gasteiger partial charge on any atom is 0.335 e. The van der Waals surface area contributed by atoms with Gasteiger partial charge >= 0.3 is 5.97 Å². The van der Waals surface area contributed by atoms with E-state index in [-0.39, 0.29) is 47.4 Å². The van der Waals surface area contributed by atoms with Crippen molar-refractivity contribution in [2.75, 3.05) is 6.61 Å². The molecule has 1 N–H and O–H groups in total. The van der Waals surface area contributed by atoms with Gasteiger partial charge in [-0.05, 0) is 67.3 Å². The molecule has 1 saturated heterocycles. The number of pyridine rings is 1. The lowest BCUT2D eigenvalue weighted by atomic mass is 10.0. The Labute approximate surface area is 239 Å². The van der Waals surface area contributed by atoms with E-state index in [9.17, 15) is 9.90 Å². The average molecular weight is 572 g/mol. The largest absolute Gasteiger partial charge is 0.478 e. The third kappa shape index (κ3) is 5.23. The number of aromatic nitrogens is 5. The van der Waals surface area contributed by atoms with Crippen LogP contribution in [0.3, 0.4) is 0 Å². The number of aromatic carboxylic acids is 1. The first-order valence-corrected chi connectivity index (χ1v) is 13.9. The summed E-state index contributed by atoms with van der Waals surface area (Å²) in [5.41, 5.74) is 2.46. The van der Waals surface area contributed by atoms with Crippen LogP contribution < -0.4 is 4.74 Å². The van der Waals surface area contributed by atoms with Crippen molar-refractivity contribution < 1.29 is 28.2 Å². The lowest BCUT2D eigenvalue weighted by Gasteiger charge is -2.27. The quantitative estimate of drug-likeness (QED) is 0.234. The second kappa shape index (κ2) is 10.6. The summed E-state index contributed by atoms with van der Waals surface area (Å²) in [4.78, 5) is 20.6. The van der Waals surface area contributed by atoms with Gasteiger partial charge in [0.15, 0.2) is 0 Å². The maximum absolute atomic E-state index is 15.5. The Morgan fingerprint density at radius 1 is 1.05 bits per heavy atom. The minimum Gasteiger partial charge on any atom is -0.478 e. The van der Waals surface area contributed by atoms with Crippen molar-refractivity contribution >= 4 is 17.0 Å². The minimum atomic E-state index is -1.05. The summed E-state index contributed by atoms with van der Waals surface area (Å²) in [6.45, 7) is 1.31. The van der Waals surface area contributed by atoms with E-state index in [2.05, 4.69) is 15.1 Å². The molecule has 0 radical (unpaired) electrons. The van der Waals surface area contributed by atoms with Crippen LogP contribution in [0, 0.1) is 11.6 Å². The molecule has 0 bridgehead atoms. The Morgan fingerprint density at radius 2 is 1.90 bits per heavy atom. The van der Waals surface area contributed by atoms with Gasteiger partial charge < -0.3 is 19.1 Å². The van der Waals surface area contributed by atoms with Gasteiger partial charge in [-0.25, -0.2) is 23.5 Å². The number of carbonyl (C=O) groups is 1. The molecule has 42 heavy (non-hydrogen) atoms. The van der Waals surface area contributed by atoms with Crippen molar-refractivity contribution in [3.05, 3.63) is 95.1 Å². The van der Waals surface area contributed by atoms with E-state index < -0.39 is 17.6 Å². The van der Waals surface area contributed by atoms with E-state index in [4.69, 9.17) is 9.47 Å². The molecule has 5 aromatic rings. The monoisotopic (exact) mass is 571 g/mol. The highest BCUT2D eigenvalue weighted by atomic mass is 19.1. The molecule has 0 unspecified atom stereocenters. The van der Waals surface area contributed by atoms with Gasteiger partial charge in [0.25, 0.3) is 0 Å². The van der Waals surface area contributed by atoms with E-state index in [1.54, 1.807) is 30.3 Å². The molecule has 2 fully saturated rings. The molecule has 0 spiro atoms. The van der Waals surface area contributed by atoms with Crippen molar-refractivity contribution in [1.82, 2.24) is 24.3 Å². The molecular weight excluding hydrogens is 544 g/mol. The number of nitrogens with zero attached hydrogens (tertiary/aromatic N) is 5. The highest BCUT2D eigenvalue weighted by Crippen LogP contribution is 2.34. The lowest BCUT2D eigenvalue weighted by Crippen LogP contribution is -2.31. The molecule has 1 aliphatic heterocycles. The van der Waals surface area contributed by atoms with Crippen LogP contribution in [0.25, 0.3) is 22.3 Å². The number of carboxylic acid groups (broad SMARTS) is 1. The van der Waals surface area contributed by atoms with Gasteiger partial charge in [-0.3, -0.25) is 4.68 Å². The van der Waals surface area contributed by atoms with Gasteiger partial charge in [0.05, 0.1) is 46.7 Å². The van der Waals surface area contributed by atoms with Crippen molar-refractivity contribution in [2.45, 2.75) is 51.0 Å². The highest BCUT2D eigenvalue weighted by Gasteiger charge is 2.25. The molecule has 7 rings (SSSR count). The zero-order valence-corrected chi connectivity index (χ0v) is 22.5. The van der Waals surface area contributed by atoms with Gasteiger partial charge in [-0.15, -0.1) is 0 Å². The van der Waals surface area contributed by atoms with Crippen LogP contribution in [0.15, 0.2) is 60.8 Å². The van der Waals surface area contributed by atoms with Crippen molar-refractivity contribution in [1.29, 1.82) is 0 Å². The zero-order valence-electron chi connectivity index (χ0n) is 22.5. The first-order chi connectivity index (χ1) is 20.4. The molecule has 9 nitrogen and oxygen atoms in total. The molecule has 1 saturated carbocycles. The van der Waals surface area contributed by atoms with Crippen LogP contribution in [0.2, 0.25) is 0 Å². The number of hydrogen-bond acceptors (Lipinski definition) is 6. The fraction of sp³-hybridized carbons (Fsp3) is 0.290. The van der Waals surface area contributed by atoms with Crippen LogP contribution in [0.1, 0.15) is 52.7 Å². The normalized spacial score (nSPS) is 16.5. The fourth-order valence-electron chi connectivity index (χ4n) is 5.16. The Morgan fingerprint density at radius 3 is 2.67 bits per heavy atom. The molecule has 4 heterocycles. The molecule has 1 atom stereocenters. The van der Waals surface area contributed by atoms with Crippen LogP contribution in [-0.4, -0.2) is 48.1 Å². The predicted molar refractivity (Wildman–Crippen MR) is 148 cm³/mol. The molecule has 214 valence electrons. The number of benzene rings is 2. The Balaban J connectivity index is 1.14. The standard InChI is InChI=1S/C31H27F2N5O4/c32-24-15-23(26-2-1-3-30(35-26)42-17-20-8-10-38(36-20)21-5-6-21)25(33)12-19(24)14-29-34-27-7-4-18(31(39)40)13-28(27)37(29)16-22-9-11-41-22/h1-4,7-8,10,12-13,15,21-22H,5-6,9,11,14,16-17H2,(H,39,40)/t22-/m0/s1. The SMILES string of the molecule is O=C(O)c1ccc2nc(Cc3cc(F)c(-c4cccc(OCc5ccn(C6CC6)n5)n4)cc3F)n(C[C@@H]3CCO3)c2c1. The van der Waals surface area contributed by atoms with Gasteiger partial charge in [-0.1, -0.05) is 6.07 Å². The number of carboxylic acids is 1. The molecule has 1 aliphatic carbocycles. The van der Waals surface area contributed by atoms with Crippen LogP contribution in [0.5, 0.6) is 5.88 Å². The predicted octanol–water partition coefficient (Wildman–Crippen LogP) is 5.56. The highest BCUT2D eigenvalue weighted by molar-refractivity contribution is 5.92. The number of fused-ring (bicyclic) bond motifs is 1. The summed E-state index contributed by atoms with van der Waals surface area (Å²) < 4.78 is 46.1. The smallest absolute Gasteiger partial charge is 0.335 e. The minimum absolute atomic E-state index is 0.0108. The maximum atomic E-state index is 15.5. The third-order valence-electron chi connectivity index (χ3n) is 7.69. The number of halogens is 2. The molecule has 0 amide bonds. The summed E-state index contributed by atoms with van der Waals surface area (Å²) in [5.74, 6) is -1.51. The third-order valence-corrected chi connectivity index (χ3v) is 7.69. The number of hydrogen-bond donors (Lipinski definition) is 1. The summed E-state index contributed by atoms with van der Waals surface area (Å²) in [5, 5.41) is 14.0. The van der Waals surface area contributed by atoms with Crippen LogP contribution in [0.4, 0.5) is 8.78 Å². The van der Waals surface area contributed by atoms with E-state index in [1.807, 2.05) is 21.5 Å². The van der Waals surface area contributed by atoms with Crippen LogP contribution in [-0.2, 0) is 24.3 Å². The van der Waals surface area contributed by atoms with Gasteiger partial charge in [0, 0.05) is 30.9 Å². The number of imidazole rings is 1. The number of rotatable bonds is 10. The van der Waals surface area contributed by atoms with Crippen molar-refractivity contribution in [3.8, 4) is 17.1 Å². The Kier molecular flexibility index (Phi) is 6.66. The first-order valence-electron chi connectivity index (χ1n) is 13.9. The van der Waals surface area contributed by atoms with Crippen LogP contribution >= 0.6 is 0 Å². The van der Waals surface area contributed by atoms with Gasteiger partial charge in [-0.2, -0.15) is 5.10 Å². The second-order valence-electron chi connectivity index (χ2n) is 10.7. The van der Waals surface area contributed by atoms with E-state index in [1.165, 1.54) is 6.07 Å². The summed E-state index contributed by atoms with van der Waals surface area (Å²) >= 11 is 0. The molecule has 2 aliphatic rings. The van der Waals surface area contributed by atoms with E-state index in [0.29, 0.717) is 36.1 Å². The molecular formula is C31H27F2N5O4. The van der Waals surface area contributed by atoms with Crippen molar-refractivity contribution in [2.24, 2.45) is 0 Å². The van der Waals surface area contributed by atoms with Crippen molar-refractivity contribution in [3.63, 3.8) is 0 Å². The second-order valence-corrected chi connectivity index (χ2v) is 10.7. The van der Waals surface area contributed by atoms with Gasteiger partial charge in [0.1, 0.15) is 24.1 Å². The number of ether oxygens (including phenoxy) is 2. The Hall–Kier alpha value is -4.64. The topological polar surface area (TPSA) is 104 Å². The zero-order chi connectivity index (χ0) is 28.8. The summed E-state index contributed by atoms with van der Waals surface area (Å²) in [6.07, 6.45) is 5.02. The molecule has 11 heteroatoms. The van der Waals surface area contributed by atoms with Gasteiger partial charge in [0.2, 0.25) is 5.88 Å². The lowest BCUT2D eigenvalue weighted by molar-refractivity contribution is -0.0589. The first kappa shape index (κ1) is 26.3. The Bertz CT molecular complexity index is 1810.